The standard InChI is InChI=1S/C9H12N4.ClH/c1-5-4-11-9-6(2)7(3)12-13(9)8(5)10;/h4H,10H2,1-3H3;1H. The molecular weight excluding hydrogens is 200 g/mol. The Kier molecular flexibility index (Phi) is 2.66. The topological polar surface area (TPSA) is 56.2 Å². The number of nitrogens with two attached hydrogens (primary N) is 1. The molecule has 4 nitrogen and oxygen atoms in total. The fraction of sp³-hybridized carbons (Fsp3) is 0.333. The molecule has 2 N–H and O–H groups in total. The molecule has 0 radical (unpaired) electrons. The third-order valence-electron chi connectivity index (χ3n) is 2.34. The van der Waals surface area contributed by atoms with Crippen LogP contribution in [0.25, 0.3) is 5.65 Å². The lowest BCUT2D eigenvalue weighted by Gasteiger charge is -2.01. The number of halogens is 1. The lowest BCUT2D eigenvalue weighted by atomic mass is 10.3. The van der Waals surface area contributed by atoms with Crippen LogP contribution in [0.15, 0.2) is 6.20 Å². The Labute approximate surface area is 88.5 Å². The second-order valence-electron chi connectivity index (χ2n) is 3.27. The highest BCUT2D eigenvalue weighted by Gasteiger charge is 2.08. The fourth-order valence-corrected chi connectivity index (χ4v) is 1.30. The van der Waals surface area contributed by atoms with E-state index in [4.69, 9.17) is 5.73 Å². The predicted molar refractivity (Wildman–Crippen MR) is 58.9 cm³/mol. The summed E-state index contributed by atoms with van der Waals surface area (Å²) in [6, 6.07) is 0. The van der Waals surface area contributed by atoms with Gasteiger partial charge in [-0.1, -0.05) is 0 Å². The van der Waals surface area contributed by atoms with Crippen molar-refractivity contribution in [2.45, 2.75) is 20.8 Å². The molecule has 0 unspecified atom stereocenters. The van der Waals surface area contributed by atoms with Crippen molar-refractivity contribution in [1.82, 2.24) is 14.6 Å². The van der Waals surface area contributed by atoms with Crippen LogP contribution >= 0.6 is 12.4 Å². The zero-order chi connectivity index (χ0) is 9.59. The maximum Gasteiger partial charge on any atom is 0.160 e. The average molecular weight is 213 g/mol. The van der Waals surface area contributed by atoms with Crippen molar-refractivity contribution in [2.75, 3.05) is 5.73 Å². The van der Waals surface area contributed by atoms with Crippen LogP contribution in [-0.2, 0) is 0 Å². The van der Waals surface area contributed by atoms with Crippen LogP contribution in [0, 0.1) is 20.8 Å². The predicted octanol–water partition coefficient (Wildman–Crippen LogP) is 1.66. The fourth-order valence-electron chi connectivity index (χ4n) is 1.30. The lowest BCUT2D eigenvalue weighted by molar-refractivity contribution is 0.920. The highest BCUT2D eigenvalue weighted by molar-refractivity contribution is 5.85. The molecule has 0 aromatic carbocycles. The highest BCUT2D eigenvalue weighted by atomic mass is 35.5. The number of aromatic nitrogens is 3. The van der Waals surface area contributed by atoms with Gasteiger partial charge in [0.2, 0.25) is 0 Å². The van der Waals surface area contributed by atoms with Crippen LogP contribution in [0.3, 0.4) is 0 Å². The Morgan fingerprint density at radius 1 is 1.29 bits per heavy atom. The summed E-state index contributed by atoms with van der Waals surface area (Å²) in [6.07, 6.45) is 1.78. The summed E-state index contributed by atoms with van der Waals surface area (Å²) >= 11 is 0. The van der Waals surface area contributed by atoms with Crippen molar-refractivity contribution in [3.05, 3.63) is 23.0 Å². The Hall–Kier alpha value is -1.29. The smallest absolute Gasteiger partial charge is 0.160 e. The average Bonchev–Trinajstić information content (AvgIpc) is 2.38. The number of nitrogen functional groups attached to an aromatic ring is 1. The van der Waals surface area contributed by atoms with Crippen molar-refractivity contribution in [3.8, 4) is 0 Å². The molecule has 14 heavy (non-hydrogen) atoms. The number of anilines is 1. The van der Waals surface area contributed by atoms with Crippen LogP contribution in [0.1, 0.15) is 16.8 Å². The van der Waals surface area contributed by atoms with Gasteiger partial charge in [0.1, 0.15) is 5.82 Å². The van der Waals surface area contributed by atoms with Gasteiger partial charge in [0, 0.05) is 17.3 Å². The number of hydrogen-bond donors (Lipinski definition) is 1. The van der Waals surface area contributed by atoms with E-state index in [0.717, 1.165) is 22.5 Å². The molecular formula is C9H13ClN4. The third kappa shape index (κ3) is 1.32. The van der Waals surface area contributed by atoms with Gasteiger partial charge in [-0.05, 0) is 20.8 Å². The maximum absolute atomic E-state index is 5.86. The van der Waals surface area contributed by atoms with Crippen LogP contribution in [-0.4, -0.2) is 14.6 Å². The summed E-state index contributed by atoms with van der Waals surface area (Å²) in [7, 11) is 0. The van der Waals surface area contributed by atoms with Crippen molar-refractivity contribution >= 4 is 23.9 Å². The number of hydrogen-bond acceptors (Lipinski definition) is 3. The first-order valence-electron chi connectivity index (χ1n) is 4.18. The molecule has 0 bridgehead atoms. The zero-order valence-corrected chi connectivity index (χ0v) is 9.22. The van der Waals surface area contributed by atoms with E-state index < -0.39 is 0 Å². The number of aryl methyl sites for hydroxylation is 3. The minimum Gasteiger partial charge on any atom is -0.383 e. The Morgan fingerprint density at radius 3 is 2.57 bits per heavy atom. The molecule has 0 saturated carbocycles. The van der Waals surface area contributed by atoms with Gasteiger partial charge in [-0.15, -0.1) is 12.4 Å². The van der Waals surface area contributed by atoms with Gasteiger partial charge in [-0.2, -0.15) is 9.61 Å². The summed E-state index contributed by atoms with van der Waals surface area (Å²) < 4.78 is 1.69. The van der Waals surface area contributed by atoms with E-state index in [1.807, 2.05) is 20.8 Å². The Morgan fingerprint density at radius 2 is 1.93 bits per heavy atom. The van der Waals surface area contributed by atoms with Crippen LogP contribution in [0.2, 0.25) is 0 Å². The lowest BCUT2D eigenvalue weighted by Crippen LogP contribution is -2.02. The molecule has 76 valence electrons. The minimum absolute atomic E-state index is 0. The second kappa shape index (κ2) is 3.46. The van der Waals surface area contributed by atoms with Gasteiger partial charge < -0.3 is 5.73 Å². The van der Waals surface area contributed by atoms with Crippen LogP contribution in [0.5, 0.6) is 0 Å². The maximum atomic E-state index is 5.86. The molecule has 5 heteroatoms. The van der Waals surface area contributed by atoms with Gasteiger partial charge in [-0.3, -0.25) is 0 Å². The van der Waals surface area contributed by atoms with E-state index in [0.29, 0.717) is 5.82 Å². The van der Waals surface area contributed by atoms with Gasteiger partial charge in [0.05, 0.1) is 5.69 Å². The van der Waals surface area contributed by atoms with E-state index in [1.54, 1.807) is 10.7 Å². The third-order valence-corrected chi connectivity index (χ3v) is 2.34. The van der Waals surface area contributed by atoms with E-state index in [2.05, 4.69) is 10.1 Å². The van der Waals surface area contributed by atoms with E-state index in [-0.39, 0.29) is 12.4 Å². The van der Waals surface area contributed by atoms with Crippen molar-refractivity contribution < 1.29 is 0 Å². The van der Waals surface area contributed by atoms with E-state index >= 15 is 0 Å². The monoisotopic (exact) mass is 212 g/mol. The summed E-state index contributed by atoms with van der Waals surface area (Å²) in [4.78, 5) is 4.28. The normalized spacial score (nSPS) is 10.2. The molecule has 0 aliphatic heterocycles. The quantitative estimate of drug-likeness (QED) is 0.723. The van der Waals surface area contributed by atoms with Gasteiger partial charge in [0.15, 0.2) is 5.65 Å². The molecule has 2 aromatic heterocycles. The van der Waals surface area contributed by atoms with Crippen LogP contribution < -0.4 is 5.73 Å². The zero-order valence-electron chi connectivity index (χ0n) is 8.40. The van der Waals surface area contributed by atoms with Crippen molar-refractivity contribution in [2.24, 2.45) is 0 Å². The Balaban J connectivity index is 0.000000980. The molecule has 0 atom stereocenters. The van der Waals surface area contributed by atoms with Crippen LogP contribution in [0.4, 0.5) is 5.82 Å². The Bertz CT molecular complexity index is 475. The molecule has 2 aromatic rings. The summed E-state index contributed by atoms with van der Waals surface area (Å²) in [5.74, 6) is 0.668. The first kappa shape index (κ1) is 10.8. The molecule has 0 amide bonds. The van der Waals surface area contributed by atoms with E-state index in [1.165, 1.54) is 0 Å². The molecule has 2 rings (SSSR count). The molecule has 0 spiro atoms. The summed E-state index contributed by atoms with van der Waals surface area (Å²) in [5, 5.41) is 4.30. The molecule has 0 fully saturated rings. The molecule has 0 aliphatic carbocycles. The number of fused-ring (bicyclic) bond motifs is 1. The number of nitrogens with zero attached hydrogens (tertiary/aromatic N) is 3. The first-order valence-corrected chi connectivity index (χ1v) is 4.18. The van der Waals surface area contributed by atoms with Crippen molar-refractivity contribution in [3.63, 3.8) is 0 Å². The van der Waals surface area contributed by atoms with Gasteiger partial charge in [-0.25, -0.2) is 4.98 Å². The molecule has 0 aliphatic rings. The van der Waals surface area contributed by atoms with Gasteiger partial charge >= 0.3 is 0 Å². The van der Waals surface area contributed by atoms with Crippen molar-refractivity contribution in [1.29, 1.82) is 0 Å². The minimum atomic E-state index is 0. The molecule has 2 heterocycles. The molecule has 0 saturated heterocycles. The SMILES string of the molecule is Cc1cnc2c(C)c(C)nn2c1N.Cl. The number of rotatable bonds is 0. The largest absolute Gasteiger partial charge is 0.383 e. The summed E-state index contributed by atoms with van der Waals surface area (Å²) in [6.45, 7) is 5.88. The summed E-state index contributed by atoms with van der Waals surface area (Å²) in [5.41, 5.74) is 9.73. The first-order chi connectivity index (χ1) is 6.11. The van der Waals surface area contributed by atoms with E-state index in [9.17, 15) is 0 Å². The second-order valence-corrected chi connectivity index (χ2v) is 3.27. The van der Waals surface area contributed by atoms with Gasteiger partial charge in [0.25, 0.3) is 0 Å². The highest BCUT2D eigenvalue weighted by Crippen LogP contribution is 2.16.